The fraction of sp³-hybridized carbons (Fsp3) is 0.111. The Morgan fingerprint density at radius 2 is 2.06 bits per heavy atom. The summed E-state index contributed by atoms with van der Waals surface area (Å²) >= 11 is 0. The van der Waals surface area contributed by atoms with Crippen LogP contribution in [0, 0.1) is 11.6 Å². The van der Waals surface area contributed by atoms with Gasteiger partial charge >= 0.3 is 0 Å². The lowest BCUT2D eigenvalue weighted by molar-refractivity contribution is -0.115. The van der Waals surface area contributed by atoms with Crippen LogP contribution in [-0.4, -0.2) is 26.5 Å². The number of rotatable bonds is 3. The van der Waals surface area contributed by atoms with Gasteiger partial charge in [-0.1, -0.05) is 11.3 Å². The van der Waals surface area contributed by atoms with E-state index in [1.807, 2.05) is 0 Å². The number of aromatic nitrogens is 4. The molecule has 6 nitrogen and oxygen atoms in total. The third-order valence-corrected chi connectivity index (χ3v) is 1.94. The summed E-state index contributed by atoms with van der Waals surface area (Å²) in [6.45, 7) is 0. The van der Waals surface area contributed by atoms with Gasteiger partial charge in [-0.2, -0.15) is 5.21 Å². The van der Waals surface area contributed by atoms with Crippen LogP contribution in [0.15, 0.2) is 18.2 Å². The number of tetrazole rings is 1. The number of para-hydroxylation sites is 1. The van der Waals surface area contributed by atoms with E-state index in [1.165, 1.54) is 6.07 Å². The van der Waals surface area contributed by atoms with Crippen LogP contribution in [0.2, 0.25) is 0 Å². The number of carbonyl (C=O) groups is 1. The maximum atomic E-state index is 13.2. The minimum Gasteiger partial charge on any atom is -0.321 e. The highest BCUT2D eigenvalue weighted by Gasteiger charge is 2.13. The summed E-state index contributed by atoms with van der Waals surface area (Å²) in [7, 11) is 0. The van der Waals surface area contributed by atoms with Crippen molar-refractivity contribution in [3.8, 4) is 0 Å². The van der Waals surface area contributed by atoms with Crippen LogP contribution in [-0.2, 0) is 11.2 Å². The highest BCUT2D eigenvalue weighted by molar-refractivity contribution is 5.92. The molecule has 0 saturated heterocycles. The van der Waals surface area contributed by atoms with Crippen LogP contribution >= 0.6 is 0 Å². The van der Waals surface area contributed by atoms with Crippen molar-refractivity contribution in [3.05, 3.63) is 35.7 Å². The summed E-state index contributed by atoms with van der Waals surface area (Å²) in [4.78, 5) is 11.4. The molecule has 0 aliphatic carbocycles. The average Bonchev–Trinajstić information content (AvgIpc) is 2.76. The Bertz CT molecular complexity index is 508. The van der Waals surface area contributed by atoms with Crippen molar-refractivity contribution in [1.29, 1.82) is 0 Å². The van der Waals surface area contributed by atoms with Gasteiger partial charge in [0.05, 0.1) is 6.42 Å². The molecule has 8 heteroatoms. The number of nitrogens with one attached hydrogen (secondary N) is 2. The molecule has 1 heterocycles. The van der Waals surface area contributed by atoms with E-state index in [0.29, 0.717) is 0 Å². The molecule has 0 atom stereocenters. The van der Waals surface area contributed by atoms with Gasteiger partial charge in [0.1, 0.15) is 17.3 Å². The van der Waals surface area contributed by atoms with E-state index in [2.05, 4.69) is 25.9 Å². The molecular formula is C9H7F2N5O. The first-order valence-electron chi connectivity index (χ1n) is 4.63. The van der Waals surface area contributed by atoms with Gasteiger partial charge < -0.3 is 5.32 Å². The molecule has 1 aromatic carbocycles. The quantitative estimate of drug-likeness (QED) is 0.824. The normalized spacial score (nSPS) is 10.2. The fourth-order valence-corrected chi connectivity index (χ4v) is 1.20. The molecule has 0 radical (unpaired) electrons. The number of aromatic amines is 1. The van der Waals surface area contributed by atoms with E-state index < -0.39 is 23.2 Å². The van der Waals surface area contributed by atoms with Gasteiger partial charge in [0.25, 0.3) is 0 Å². The Morgan fingerprint density at radius 1 is 1.35 bits per heavy atom. The van der Waals surface area contributed by atoms with E-state index >= 15 is 0 Å². The molecule has 0 bridgehead atoms. The minimum atomic E-state index is -0.841. The Balaban J connectivity index is 2.08. The summed E-state index contributed by atoms with van der Waals surface area (Å²) in [6.07, 6.45) is -0.218. The molecule has 0 aliphatic rings. The predicted octanol–water partition coefficient (Wildman–Crippen LogP) is 0.659. The fourth-order valence-electron chi connectivity index (χ4n) is 1.20. The Labute approximate surface area is 94.0 Å². The zero-order valence-electron chi connectivity index (χ0n) is 8.44. The van der Waals surface area contributed by atoms with Crippen molar-refractivity contribution in [1.82, 2.24) is 20.6 Å². The molecule has 0 fully saturated rings. The van der Waals surface area contributed by atoms with E-state index in [1.54, 1.807) is 0 Å². The molecule has 88 valence electrons. The van der Waals surface area contributed by atoms with Crippen LogP contribution in [0.3, 0.4) is 0 Å². The number of hydrogen-bond acceptors (Lipinski definition) is 4. The molecule has 0 saturated carbocycles. The molecule has 1 aromatic heterocycles. The predicted molar refractivity (Wildman–Crippen MR) is 52.9 cm³/mol. The van der Waals surface area contributed by atoms with Crippen LogP contribution in [0.1, 0.15) is 5.82 Å². The summed E-state index contributed by atoms with van der Waals surface area (Å²) in [5.41, 5.74) is -0.485. The van der Waals surface area contributed by atoms with Gasteiger partial charge in [-0.05, 0) is 12.1 Å². The largest absolute Gasteiger partial charge is 0.321 e. The van der Waals surface area contributed by atoms with Crippen LogP contribution < -0.4 is 5.32 Å². The van der Waals surface area contributed by atoms with Gasteiger partial charge in [0, 0.05) is 0 Å². The zero-order valence-corrected chi connectivity index (χ0v) is 8.44. The first kappa shape index (κ1) is 11.1. The van der Waals surface area contributed by atoms with Crippen molar-refractivity contribution in [2.45, 2.75) is 6.42 Å². The average molecular weight is 239 g/mol. The minimum absolute atomic E-state index is 0.138. The molecular weight excluding hydrogens is 232 g/mol. The van der Waals surface area contributed by atoms with E-state index in [0.717, 1.165) is 12.1 Å². The van der Waals surface area contributed by atoms with E-state index in [9.17, 15) is 13.6 Å². The summed E-state index contributed by atoms with van der Waals surface area (Å²) in [5, 5.41) is 14.6. The van der Waals surface area contributed by atoms with Crippen molar-refractivity contribution in [2.24, 2.45) is 0 Å². The molecule has 2 rings (SSSR count). The van der Waals surface area contributed by atoms with Crippen molar-refractivity contribution >= 4 is 11.6 Å². The first-order chi connectivity index (χ1) is 8.16. The molecule has 0 spiro atoms. The Hall–Kier alpha value is -2.38. The number of amides is 1. The van der Waals surface area contributed by atoms with Crippen LogP contribution in [0.5, 0.6) is 0 Å². The Morgan fingerprint density at radius 3 is 2.65 bits per heavy atom. The van der Waals surface area contributed by atoms with Gasteiger partial charge in [-0.25, -0.2) is 8.78 Å². The molecule has 0 aliphatic heterocycles. The number of hydrogen-bond donors (Lipinski definition) is 2. The van der Waals surface area contributed by atoms with Crippen molar-refractivity contribution in [2.75, 3.05) is 5.32 Å². The smallest absolute Gasteiger partial charge is 0.232 e. The maximum absolute atomic E-state index is 13.2. The molecule has 1 amide bonds. The lowest BCUT2D eigenvalue weighted by Crippen LogP contribution is -2.17. The number of anilines is 1. The van der Waals surface area contributed by atoms with Gasteiger partial charge in [-0.15, -0.1) is 10.2 Å². The van der Waals surface area contributed by atoms with Crippen molar-refractivity contribution in [3.63, 3.8) is 0 Å². The van der Waals surface area contributed by atoms with Crippen LogP contribution in [0.4, 0.5) is 14.5 Å². The van der Waals surface area contributed by atoms with Gasteiger partial charge in [-0.3, -0.25) is 4.79 Å². The summed E-state index contributed by atoms with van der Waals surface area (Å²) in [5.74, 6) is -2.17. The number of benzene rings is 1. The third-order valence-electron chi connectivity index (χ3n) is 1.94. The first-order valence-corrected chi connectivity index (χ1v) is 4.63. The van der Waals surface area contributed by atoms with Crippen molar-refractivity contribution < 1.29 is 13.6 Å². The molecule has 17 heavy (non-hydrogen) atoms. The lowest BCUT2D eigenvalue weighted by Gasteiger charge is -2.05. The number of H-pyrrole nitrogens is 1. The molecule has 2 aromatic rings. The third kappa shape index (κ3) is 2.60. The summed E-state index contributed by atoms with van der Waals surface area (Å²) in [6, 6.07) is 3.31. The molecule has 2 N–H and O–H groups in total. The Kier molecular flexibility index (Phi) is 3.03. The SMILES string of the molecule is O=C(Cc1nn[nH]n1)Nc1c(F)cccc1F. The number of carbonyl (C=O) groups excluding carboxylic acids is 1. The number of halogens is 2. The monoisotopic (exact) mass is 239 g/mol. The van der Waals surface area contributed by atoms with Crippen LogP contribution in [0.25, 0.3) is 0 Å². The van der Waals surface area contributed by atoms with E-state index in [-0.39, 0.29) is 12.2 Å². The lowest BCUT2D eigenvalue weighted by atomic mass is 10.2. The topological polar surface area (TPSA) is 83.6 Å². The standard InChI is InChI=1S/C9H7F2N5O/c10-5-2-1-3-6(11)9(5)12-8(17)4-7-13-15-16-14-7/h1-3H,4H2,(H,12,17)(H,13,14,15,16). The highest BCUT2D eigenvalue weighted by atomic mass is 19.1. The maximum Gasteiger partial charge on any atom is 0.232 e. The second kappa shape index (κ2) is 4.64. The van der Waals surface area contributed by atoms with E-state index in [4.69, 9.17) is 0 Å². The zero-order chi connectivity index (χ0) is 12.3. The summed E-state index contributed by atoms with van der Waals surface area (Å²) < 4.78 is 26.4. The molecule has 0 unspecified atom stereocenters. The van der Waals surface area contributed by atoms with Gasteiger partial charge in [0.15, 0.2) is 5.82 Å². The number of nitrogens with zero attached hydrogens (tertiary/aromatic N) is 3. The second-order valence-corrected chi connectivity index (χ2v) is 3.15. The second-order valence-electron chi connectivity index (χ2n) is 3.15. The highest BCUT2D eigenvalue weighted by Crippen LogP contribution is 2.17. The van der Waals surface area contributed by atoms with Gasteiger partial charge in [0.2, 0.25) is 5.91 Å².